The second kappa shape index (κ2) is 4.77. The van der Waals surface area contributed by atoms with Gasteiger partial charge in [-0.2, -0.15) is 0 Å². The zero-order chi connectivity index (χ0) is 13.6. The maximum absolute atomic E-state index is 11.3. The predicted octanol–water partition coefficient (Wildman–Crippen LogP) is 2.22. The lowest BCUT2D eigenvalue weighted by molar-refractivity contribution is -0.0299. The van der Waals surface area contributed by atoms with Gasteiger partial charge in [0, 0.05) is 4.47 Å². The summed E-state index contributed by atoms with van der Waals surface area (Å²) in [6.07, 6.45) is 1.12. The standard InChI is InChI=1S/C13H15BrN2O3/c1-6-2-3-11(19-6)12(17)7-4-9-10(5-8(7)14)16-13(18)15-9/h4-6,11-12,17H,2-3H2,1H3,(H2,15,16,18). The van der Waals surface area contributed by atoms with Crippen LogP contribution in [0.4, 0.5) is 0 Å². The Morgan fingerprint density at radius 1 is 1.37 bits per heavy atom. The molecule has 3 rings (SSSR count). The number of H-pyrrole nitrogens is 2. The van der Waals surface area contributed by atoms with Crippen molar-refractivity contribution in [3.05, 3.63) is 32.7 Å². The number of nitrogens with one attached hydrogen (secondary N) is 2. The maximum Gasteiger partial charge on any atom is 0.323 e. The minimum absolute atomic E-state index is 0.186. The summed E-state index contributed by atoms with van der Waals surface area (Å²) >= 11 is 3.44. The Bertz CT molecular complexity index is 663. The van der Waals surface area contributed by atoms with Crippen LogP contribution in [0.2, 0.25) is 0 Å². The quantitative estimate of drug-likeness (QED) is 0.791. The number of aromatic nitrogens is 2. The van der Waals surface area contributed by atoms with Gasteiger partial charge in [0.05, 0.1) is 23.2 Å². The van der Waals surface area contributed by atoms with Crippen LogP contribution in [-0.4, -0.2) is 27.3 Å². The topological polar surface area (TPSA) is 78.1 Å². The minimum atomic E-state index is -0.692. The fraction of sp³-hybridized carbons (Fsp3) is 0.462. The van der Waals surface area contributed by atoms with E-state index in [1.54, 1.807) is 12.1 Å². The van der Waals surface area contributed by atoms with E-state index in [0.29, 0.717) is 11.0 Å². The third kappa shape index (κ3) is 2.35. The Hall–Kier alpha value is -1.11. The van der Waals surface area contributed by atoms with E-state index in [9.17, 15) is 9.90 Å². The van der Waals surface area contributed by atoms with E-state index in [1.807, 2.05) is 6.92 Å². The molecule has 0 amide bonds. The molecule has 1 saturated heterocycles. The van der Waals surface area contributed by atoms with E-state index in [-0.39, 0.29) is 17.9 Å². The average molecular weight is 327 g/mol. The lowest BCUT2D eigenvalue weighted by atomic mass is 10.0. The van der Waals surface area contributed by atoms with Crippen LogP contribution in [0.3, 0.4) is 0 Å². The van der Waals surface area contributed by atoms with Gasteiger partial charge in [0.25, 0.3) is 0 Å². The van der Waals surface area contributed by atoms with Gasteiger partial charge in [0.2, 0.25) is 0 Å². The van der Waals surface area contributed by atoms with Crippen LogP contribution in [0.15, 0.2) is 21.4 Å². The molecule has 1 aromatic carbocycles. The van der Waals surface area contributed by atoms with Crippen LogP contribution in [0.5, 0.6) is 0 Å². The molecule has 2 aromatic rings. The van der Waals surface area contributed by atoms with Crippen molar-refractivity contribution in [3.8, 4) is 0 Å². The number of aliphatic hydroxyl groups excluding tert-OH is 1. The smallest absolute Gasteiger partial charge is 0.323 e. The zero-order valence-electron chi connectivity index (χ0n) is 10.4. The monoisotopic (exact) mass is 326 g/mol. The van der Waals surface area contributed by atoms with E-state index in [1.165, 1.54) is 0 Å². The first-order valence-corrected chi connectivity index (χ1v) is 7.09. The molecule has 3 atom stereocenters. The summed E-state index contributed by atoms with van der Waals surface area (Å²) in [6, 6.07) is 3.58. The fourth-order valence-electron chi connectivity index (χ4n) is 2.57. The highest BCUT2D eigenvalue weighted by atomic mass is 79.9. The summed E-state index contributed by atoms with van der Waals surface area (Å²) in [7, 11) is 0. The molecule has 2 heterocycles. The van der Waals surface area contributed by atoms with Crippen molar-refractivity contribution in [1.29, 1.82) is 0 Å². The SMILES string of the molecule is CC1CCC(C(O)c2cc3[nH]c(=O)[nH]c3cc2Br)O1. The van der Waals surface area contributed by atoms with E-state index < -0.39 is 6.10 Å². The van der Waals surface area contributed by atoms with Gasteiger partial charge in [-0.25, -0.2) is 4.79 Å². The van der Waals surface area contributed by atoms with Crippen molar-refractivity contribution in [2.75, 3.05) is 0 Å². The average Bonchev–Trinajstić information content (AvgIpc) is 2.92. The predicted molar refractivity (Wildman–Crippen MR) is 75.1 cm³/mol. The number of hydrogen-bond acceptors (Lipinski definition) is 3. The van der Waals surface area contributed by atoms with Gasteiger partial charge in [0.1, 0.15) is 6.10 Å². The van der Waals surface area contributed by atoms with Crippen molar-refractivity contribution in [2.45, 2.75) is 38.1 Å². The van der Waals surface area contributed by atoms with E-state index in [4.69, 9.17) is 4.74 Å². The Labute approximate surface area is 118 Å². The molecular weight excluding hydrogens is 312 g/mol. The molecule has 1 aromatic heterocycles. The molecule has 6 heteroatoms. The summed E-state index contributed by atoms with van der Waals surface area (Å²) in [5.41, 5.74) is 1.89. The Morgan fingerprint density at radius 3 is 2.68 bits per heavy atom. The van der Waals surface area contributed by atoms with Gasteiger partial charge in [-0.15, -0.1) is 0 Å². The number of fused-ring (bicyclic) bond motifs is 1. The van der Waals surface area contributed by atoms with Crippen LogP contribution in [0.25, 0.3) is 11.0 Å². The Balaban J connectivity index is 1.99. The van der Waals surface area contributed by atoms with Crippen molar-refractivity contribution in [1.82, 2.24) is 9.97 Å². The van der Waals surface area contributed by atoms with Crippen LogP contribution >= 0.6 is 15.9 Å². The molecule has 0 spiro atoms. The number of ether oxygens (including phenoxy) is 1. The first kappa shape index (κ1) is 12.9. The van der Waals surface area contributed by atoms with Crippen LogP contribution in [-0.2, 0) is 4.74 Å². The minimum Gasteiger partial charge on any atom is -0.386 e. The van der Waals surface area contributed by atoms with Gasteiger partial charge in [-0.1, -0.05) is 15.9 Å². The third-order valence-electron chi connectivity index (χ3n) is 3.57. The Morgan fingerprint density at radius 2 is 2.05 bits per heavy atom. The molecule has 0 bridgehead atoms. The highest BCUT2D eigenvalue weighted by Gasteiger charge is 2.30. The van der Waals surface area contributed by atoms with Crippen molar-refractivity contribution in [3.63, 3.8) is 0 Å². The van der Waals surface area contributed by atoms with Crippen LogP contribution in [0.1, 0.15) is 31.4 Å². The summed E-state index contributed by atoms with van der Waals surface area (Å²) < 4.78 is 6.47. The number of imidazole rings is 1. The summed E-state index contributed by atoms with van der Waals surface area (Å²) in [5.74, 6) is 0. The molecule has 102 valence electrons. The molecule has 0 radical (unpaired) electrons. The fourth-order valence-corrected chi connectivity index (χ4v) is 3.14. The van der Waals surface area contributed by atoms with Crippen LogP contribution in [0, 0.1) is 0 Å². The van der Waals surface area contributed by atoms with Gasteiger partial charge in [-0.05, 0) is 37.5 Å². The van der Waals surface area contributed by atoms with E-state index >= 15 is 0 Å². The number of aliphatic hydroxyl groups is 1. The second-order valence-electron chi connectivity index (χ2n) is 5.01. The molecule has 0 aliphatic carbocycles. The molecule has 3 N–H and O–H groups in total. The van der Waals surface area contributed by atoms with Gasteiger partial charge < -0.3 is 19.8 Å². The summed E-state index contributed by atoms with van der Waals surface area (Å²) in [4.78, 5) is 16.7. The normalized spacial score (nSPS) is 25.0. The first-order chi connectivity index (χ1) is 9.04. The summed E-state index contributed by atoms with van der Waals surface area (Å²) in [6.45, 7) is 2.01. The lowest BCUT2D eigenvalue weighted by Gasteiger charge is -2.20. The maximum atomic E-state index is 11.3. The number of halogens is 1. The highest BCUT2D eigenvalue weighted by Crippen LogP contribution is 2.34. The third-order valence-corrected chi connectivity index (χ3v) is 4.26. The molecule has 5 nitrogen and oxygen atoms in total. The number of rotatable bonds is 2. The Kier molecular flexibility index (Phi) is 3.24. The van der Waals surface area contributed by atoms with Crippen molar-refractivity contribution in [2.24, 2.45) is 0 Å². The zero-order valence-corrected chi connectivity index (χ0v) is 12.0. The highest BCUT2D eigenvalue weighted by molar-refractivity contribution is 9.10. The lowest BCUT2D eigenvalue weighted by Crippen LogP contribution is -2.19. The molecule has 3 unspecified atom stereocenters. The largest absolute Gasteiger partial charge is 0.386 e. The van der Waals surface area contributed by atoms with Crippen molar-refractivity contribution < 1.29 is 9.84 Å². The van der Waals surface area contributed by atoms with E-state index in [0.717, 1.165) is 22.9 Å². The van der Waals surface area contributed by atoms with Crippen LogP contribution < -0.4 is 5.69 Å². The number of aromatic amines is 2. The number of hydrogen-bond donors (Lipinski definition) is 3. The molecule has 1 aliphatic rings. The molecule has 1 aliphatic heterocycles. The molecule has 1 fully saturated rings. The van der Waals surface area contributed by atoms with E-state index in [2.05, 4.69) is 25.9 Å². The van der Waals surface area contributed by atoms with Gasteiger partial charge in [-0.3, -0.25) is 0 Å². The molecule has 19 heavy (non-hydrogen) atoms. The second-order valence-corrected chi connectivity index (χ2v) is 5.86. The first-order valence-electron chi connectivity index (χ1n) is 6.29. The molecular formula is C13H15BrN2O3. The summed E-state index contributed by atoms with van der Waals surface area (Å²) in [5, 5.41) is 10.4. The van der Waals surface area contributed by atoms with Gasteiger partial charge in [0.15, 0.2) is 0 Å². The number of benzene rings is 1. The molecule has 0 saturated carbocycles. The van der Waals surface area contributed by atoms with Gasteiger partial charge >= 0.3 is 5.69 Å². The van der Waals surface area contributed by atoms with Crippen molar-refractivity contribution >= 4 is 27.0 Å².